The number of hydrogen-bond acceptors (Lipinski definition) is 10. The van der Waals surface area contributed by atoms with Crippen LogP contribution < -0.4 is 8.92 Å². The minimum Gasteiger partial charge on any atom is -0.493 e. The van der Waals surface area contributed by atoms with Crippen LogP contribution in [0, 0.1) is 6.92 Å². The lowest BCUT2D eigenvalue weighted by Gasteiger charge is -2.31. The molecule has 2 amide bonds. The Balaban J connectivity index is 1.22. The van der Waals surface area contributed by atoms with E-state index in [0.29, 0.717) is 30.8 Å². The normalized spacial score (nSPS) is 16.4. The van der Waals surface area contributed by atoms with Crippen LogP contribution in [0.15, 0.2) is 76.5 Å². The molecule has 0 bridgehead atoms. The summed E-state index contributed by atoms with van der Waals surface area (Å²) in [5.74, 6) is -0.796. The van der Waals surface area contributed by atoms with Gasteiger partial charge in [0.05, 0.1) is 24.3 Å². The van der Waals surface area contributed by atoms with E-state index in [4.69, 9.17) is 13.8 Å². The molecule has 12 nitrogen and oxygen atoms in total. The standard InChI is InChI=1S/C29H31N3O9S2/c1-21-18-22(39-16-7-17-40-32-28(33)24-8-3-4-9-25(24)29(32)34)20-23(19-21)41-43(37,38)27-11-6-5-10-26(27)42(35,36)31-14-12-30(2)13-15-31/h3-6,8-11,18-20H,7,12-17H2,1-2H3. The van der Waals surface area contributed by atoms with Crippen LogP contribution >= 0.6 is 0 Å². The number of fused-ring (bicyclic) bond motifs is 1. The molecule has 3 aromatic carbocycles. The van der Waals surface area contributed by atoms with Gasteiger partial charge in [0, 0.05) is 38.7 Å². The highest BCUT2D eigenvalue weighted by Crippen LogP contribution is 2.30. The molecule has 228 valence electrons. The van der Waals surface area contributed by atoms with E-state index in [-0.39, 0.29) is 48.1 Å². The van der Waals surface area contributed by atoms with Crippen LogP contribution in [0.3, 0.4) is 0 Å². The van der Waals surface area contributed by atoms with Gasteiger partial charge >= 0.3 is 10.1 Å². The molecule has 0 saturated carbocycles. The molecule has 43 heavy (non-hydrogen) atoms. The lowest BCUT2D eigenvalue weighted by molar-refractivity contribution is -0.0935. The number of likely N-dealkylation sites (N-methyl/N-ethyl adjacent to an activating group) is 1. The first-order chi connectivity index (χ1) is 20.5. The molecule has 2 aliphatic heterocycles. The van der Waals surface area contributed by atoms with Crippen molar-refractivity contribution >= 4 is 32.0 Å². The zero-order valence-electron chi connectivity index (χ0n) is 23.6. The summed E-state index contributed by atoms with van der Waals surface area (Å²) in [4.78, 5) is 31.4. The lowest BCUT2D eigenvalue weighted by atomic mass is 10.1. The first-order valence-electron chi connectivity index (χ1n) is 13.5. The molecule has 14 heteroatoms. The van der Waals surface area contributed by atoms with Gasteiger partial charge in [-0.25, -0.2) is 8.42 Å². The van der Waals surface area contributed by atoms with Crippen molar-refractivity contribution in [2.24, 2.45) is 0 Å². The molecule has 2 heterocycles. The number of sulfonamides is 1. The van der Waals surface area contributed by atoms with Gasteiger partial charge in [0.25, 0.3) is 11.8 Å². The van der Waals surface area contributed by atoms with Crippen molar-refractivity contribution in [3.05, 3.63) is 83.4 Å². The van der Waals surface area contributed by atoms with Crippen LogP contribution in [-0.4, -0.2) is 89.4 Å². The maximum atomic E-state index is 13.4. The van der Waals surface area contributed by atoms with Crippen molar-refractivity contribution in [3.8, 4) is 11.5 Å². The summed E-state index contributed by atoms with van der Waals surface area (Å²) >= 11 is 0. The Morgan fingerprint density at radius 1 is 0.744 bits per heavy atom. The van der Waals surface area contributed by atoms with Crippen molar-refractivity contribution in [1.29, 1.82) is 0 Å². The third-order valence-electron chi connectivity index (χ3n) is 6.96. The number of aryl methyl sites for hydroxylation is 1. The second-order valence-corrected chi connectivity index (χ2v) is 13.6. The Morgan fingerprint density at radius 2 is 1.33 bits per heavy atom. The number of benzene rings is 3. The fraction of sp³-hybridized carbons (Fsp3) is 0.310. The van der Waals surface area contributed by atoms with Crippen LogP contribution in [0.2, 0.25) is 0 Å². The molecule has 0 unspecified atom stereocenters. The Kier molecular flexibility index (Phi) is 8.85. The Bertz CT molecular complexity index is 1720. The molecule has 5 rings (SSSR count). The van der Waals surface area contributed by atoms with Gasteiger partial charge in [-0.15, -0.1) is 5.06 Å². The maximum Gasteiger partial charge on any atom is 0.340 e. The van der Waals surface area contributed by atoms with E-state index in [9.17, 15) is 26.4 Å². The van der Waals surface area contributed by atoms with Crippen LogP contribution in [0.1, 0.15) is 32.7 Å². The smallest absolute Gasteiger partial charge is 0.340 e. The first-order valence-corrected chi connectivity index (χ1v) is 16.4. The van der Waals surface area contributed by atoms with Crippen molar-refractivity contribution < 1.29 is 40.2 Å². The monoisotopic (exact) mass is 629 g/mol. The maximum absolute atomic E-state index is 13.4. The van der Waals surface area contributed by atoms with Crippen LogP contribution in [0.5, 0.6) is 11.5 Å². The SMILES string of the molecule is Cc1cc(OCCCON2C(=O)c3ccccc3C2=O)cc(OS(=O)(=O)c2ccccc2S(=O)(=O)N2CCN(C)CC2)c1. The van der Waals surface area contributed by atoms with Crippen molar-refractivity contribution in [2.45, 2.75) is 23.1 Å². The average Bonchev–Trinajstić information content (AvgIpc) is 3.21. The Morgan fingerprint density at radius 3 is 1.98 bits per heavy atom. The van der Waals surface area contributed by atoms with Gasteiger partial charge in [0.15, 0.2) is 0 Å². The highest BCUT2D eigenvalue weighted by molar-refractivity contribution is 7.91. The van der Waals surface area contributed by atoms with Gasteiger partial charge in [0.1, 0.15) is 21.3 Å². The fourth-order valence-corrected chi connectivity index (χ4v) is 7.86. The van der Waals surface area contributed by atoms with Gasteiger partial charge in [-0.05, 0) is 55.9 Å². The largest absolute Gasteiger partial charge is 0.493 e. The highest BCUT2D eigenvalue weighted by Gasteiger charge is 2.36. The molecule has 0 spiro atoms. The zero-order chi connectivity index (χ0) is 30.8. The van der Waals surface area contributed by atoms with Crippen molar-refractivity contribution in [1.82, 2.24) is 14.3 Å². The molecular weight excluding hydrogens is 598 g/mol. The van der Waals surface area contributed by atoms with Gasteiger partial charge in [0.2, 0.25) is 10.0 Å². The third-order valence-corrected chi connectivity index (χ3v) is 10.4. The predicted octanol–water partition coefficient (Wildman–Crippen LogP) is 2.70. The zero-order valence-corrected chi connectivity index (χ0v) is 25.3. The molecule has 0 aliphatic carbocycles. The number of hydrogen-bond donors (Lipinski definition) is 0. The molecule has 0 radical (unpaired) electrons. The predicted molar refractivity (Wildman–Crippen MR) is 155 cm³/mol. The summed E-state index contributed by atoms with van der Waals surface area (Å²) in [5, 5.41) is 0.732. The summed E-state index contributed by atoms with van der Waals surface area (Å²) in [6.07, 6.45) is 0.313. The van der Waals surface area contributed by atoms with E-state index in [1.54, 1.807) is 37.3 Å². The van der Waals surface area contributed by atoms with E-state index in [1.807, 2.05) is 11.9 Å². The number of carbonyl (C=O) groups excluding carboxylic acids is 2. The number of rotatable bonds is 11. The van der Waals surface area contributed by atoms with Gasteiger partial charge < -0.3 is 13.8 Å². The first kappa shape index (κ1) is 30.6. The van der Waals surface area contributed by atoms with E-state index < -0.39 is 36.9 Å². The summed E-state index contributed by atoms with van der Waals surface area (Å²) in [6, 6.07) is 16.4. The molecule has 3 aromatic rings. The number of nitrogens with zero attached hydrogens (tertiary/aromatic N) is 3. The van der Waals surface area contributed by atoms with Crippen LogP contribution in [0.25, 0.3) is 0 Å². The second-order valence-electron chi connectivity index (χ2n) is 10.2. The molecule has 0 aromatic heterocycles. The number of imide groups is 1. The molecule has 0 atom stereocenters. The number of amides is 2. The fourth-order valence-electron chi connectivity index (χ4n) is 4.74. The minimum absolute atomic E-state index is 0.0214. The number of carbonyl (C=O) groups is 2. The molecule has 1 saturated heterocycles. The molecule has 2 aliphatic rings. The highest BCUT2D eigenvalue weighted by atomic mass is 32.2. The Labute approximate surface area is 250 Å². The second kappa shape index (κ2) is 12.4. The topological polar surface area (TPSA) is 140 Å². The van der Waals surface area contributed by atoms with Crippen molar-refractivity contribution in [3.63, 3.8) is 0 Å². The number of hydroxylamine groups is 2. The lowest BCUT2D eigenvalue weighted by Crippen LogP contribution is -2.47. The minimum atomic E-state index is -4.54. The van der Waals surface area contributed by atoms with Crippen LogP contribution in [-0.2, 0) is 25.0 Å². The summed E-state index contributed by atoms with van der Waals surface area (Å²) < 4.78 is 65.9. The van der Waals surface area contributed by atoms with Gasteiger partial charge in [-0.2, -0.15) is 12.7 Å². The summed E-state index contributed by atoms with van der Waals surface area (Å²) in [7, 11) is -6.74. The number of piperazine rings is 1. The molecular formula is C29H31N3O9S2. The van der Waals surface area contributed by atoms with E-state index in [1.165, 1.54) is 40.7 Å². The molecule has 0 N–H and O–H groups in total. The van der Waals surface area contributed by atoms with Gasteiger partial charge in [-0.3, -0.25) is 14.4 Å². The van der Waals surface area contributed by atoms with E-state index in [2.05, 4.69) is 0 Å². The van der Waals surface area contributed by atoms with Crippen LogP contribution in [0.4, 0.5) is 0 Å². The summed E-state index contributed by atoms with van der Waals surface area (Å²) in [6.45, 7) is 3.44. The number of ether oxygens (including phenoxy) is 1. The Hall–Kier alpha value is -3.82. The van der Waals surface area contributed by atoms with E-state index >= 15 is 0 Å². The third kappa shape index (κ3) is 6.58. The quantitative estimate of drug-likeness (QED) is 0.177. The molecule has 1 fully saturated rings. The van der Waals surface area contributed by atoms with Crippen molar-refractivity contribution in [2.75, 3.05) is 46.4 Å². The average molecular weight is 630 g/mol. The van der Waals surface area contributed by atoms with Gasteiger partial charge in [-0.1, -0.05) is 24.3 Å². The van der Waals surface area contributed by atoms with E-state index in [0.717, 1.165) is 5.06 Å². The summed E-state index contributed by atoms with van der Waals surface area (Å²) in [5.41, 5.74) is 1.21.